The van der Waals surface area contributed by atoms with Crippen molar-refractivity contribution in [3.63, 3.8) is 0 Å². The Morgan fingerprint density at radius 2 is 1.55 bits per heavy atom. The van der Waals surface area contributed by atoms with Gasteiger partial charge < -0.3 is 9.84 Å². The van der Waals surface area contributed by atoms with Crippen molar-refractivity contribution in [2.45, 2.75) is 117 Å². The van der Waals surface area contributed by atoms with E-state index in [0.29, 0.717) is 29.1 Å². The van der Waals surface area contributed by atoms with E-state index >= 15 is 0 Å². The SMILES string of the molecule is C=C(C)C1CC[C@@](C)(C2CC[C@]3(C)C2CCC2[C@@](C)(CCC(=O)O)C(C(=C)C)CC[C@]23C)O1. The van der Waals surface area contributed by atoms with Crippen LogP contribution in [0, 0.1) is 39.9 Å². The average Bonchev–Trinajstić information content (AvgIpc) is 3.29. The van der Waals surface area contributed by atoms with Crippen LogP contribution in [0.3, 0.4) is 0 Å². The summed E-state index contributed by atoms with van der Waals surface area (Å²) in [4.78, 5) is 11.6. The van der Waals surface area contributed by atoms with E-state index in [1.54, 1.807) is 0 Å². The molecule has 3 nitrogen and oxygen atoms in total. The number of hydrogen-bond donors (Lipinski definition) is 1. The van der Waals surface area contributed by atoms with Crippen molar-refractivity contribution in [2.75, 3.05) is 0 Å². The molecule has 0 radical (unpaired) electrons. The minimum atomic E-state index is -0.664. The summed E-state index contributed by atoms with van der Waals surface area (Å²) < 4.78 is 6.74. The predicted octanol–water partition coefficient (Wildman–Crippen LogP) is 7.81. The second-order valence-corrected chi connectivity index (χ2v) is 13.4. The van der Waals surface area contributed by atoms with Crippen LogP contribution in [0.2, 0.25) is 0 Å². The molecule has 0 aromatic heterocycles. The lowest BCUT2D eigenvalue weighted by Crippen LogP contribution is -2.60. The third kappa shape index (κ3) is 3.67. The summed E-state index contributed by atoms with van der Waals surface area (Å²) in [7, 11) is 0. The van der Waals surface area contributed by atoms with E-state index < -0.39 is 5.97 Å². The Morgan fingerprint density at radius 1 is 0.879 bits per heavy atom. The molecule has 33 heavy (non-hydrogen) atoms. The van der Waals surface area contributed by atoms with Gasteiger partial charge >= 0.3 is 5.97 Å². The molecule has 1 saturated heterocycles. The largest absolute Gasteiger partial charge is 0.481 e. The zero-order valence-electron chi connectivity index (χ0n) is 22.1. The van der Waals surface area contributed by atoms with E-state index in [2.05, 4.69) is 54.7 Å². The minimum Gasteiger partial charge on any atom is -0.481 e. The molecule has 0 aromatic carbocycles. The van der Waals surface area contributed by atoms with Gasteiger partial charge in [-0.1, -0.05) is 45.1 Å². The number of hydrogen-bond acceptors (Lipinski definition) is 2. The first kappa shape index (κ1) is 25.0. The molecule has 3 saturated carbocycles. The molecule has 3 aliphatic carbocycles. The lowest BCUT2D eigenvalue weighted by molar-refractivity contribution is -0.180. The Bertz CT molecular complexity index is 830. The molecular weight excluding hydrogens is 408 g/mol. The van der Waals surface area contributed by atoms with Crippen molar-refractivity contribution < 1.29 is 14.6 Å². The Hall–Kier alpha value is -1.09. The topological polar surface area (TPSA) is 46.5 Å². The lowest BCUT2D eigenvalue weighted by Gasteiger charge is -2.66. The Morgan fingerprint density at radius 3 is 2.12 bits per heavy atom. The molecule has 9 atom stereocenters. The summed E-state index contributed by atoms with van der Waals surface area (Å²) in [6.07, 6.45) is 10.9. The average molecular weight is 457 g/mol. The number of rotatable bonds is 6. The van der Waals surface area contributed by atoms with Crippen LogP contribution in [-0.4, -0.2) is 22.8 Å². The van der Waals surface area contributed by atoms with Crippen molar-refractivity contribution in [3.8, 4) is 0 Å². The molecule has 0 amide bonds. The summed E-state index contributed by atoms with van der Waals surface area (Å²) >= 11 is 0. The normalized spacial score (nSPS) is 49.3. The third-order valence-electron chi connectivity index (χ3n) is 11.8. The first-order valence-corrected chi connectivity index (χ1v) is 13.5. The van der Waals surface area contributed by atoms with E-state index in [0.717, 1.165) is 25.7 Å². The fourth-order valence-electron chi connectivity index (χ4n) is 9.86. The molecule has 0 aromatic rings. The number of carboxylic acid groups (broad SMARTS) is 1. The van der Waals surface area contributed by atoms with E-state index in [9.17, 15) is 9.90 Å². The van der Waals surface area contributed by atoms with Crippen molar-refractivity contribution in [2.24, 2.45) is 39.9 Å². The second kappa shape index (κ2) is 8.25. The van der Waals surface area contributed by atoms with Crippen molar-refractivity contribution in [1.29, 1.82) is 0 Å². The highest BCUT2D eigenvalue weighted by Crippen LogP contribution is 2.74. The molecule has 1 N–H and O–H groups in total. The molecule has 1 aliphatic heterocycles. The molecule has 0 bridgehead atoms. The molecule has 1 heterocycles. The molecule has 3 heteroatoms. The molecule has 0 spiro atoms. The van der Waals surface area contributed by atoms with Crippen LogP contribution in [0.15, 0.2) is 24.3 Å². The van der Waals surface area contributed by atoms with Gasteiger partial charge in [0, 0.05) is 6.42 Å². The molecule has 5 unspecified atom stereocenters. The van der Waals surface area contributed by atoms with E-state index in [1.807, 2.05) is 0 Å². The first-order chi connectivity index (χ1) is 15.3. The van der Waals surface area contributed by atoms with Crippen LogP contribution >= 0.6 is 0 Å². The van der Waals surface area contributed by atoms with Gasteiger partial charge in [-0.25, -0.2) is 0 Å². The predicted molar refractivity (Wildman–Crippen MR) is 135 cm³/mol. The maximum atomic E-state index is 11.6. The molecular formula is C30H48O3. The van der Waals surface area contributed by atoms with Gasteiger partial charge in [0.2, 0.25) is 0 Å². The zero-order valence-corrected chi connectivity index (χ0v) is 22.1. The number of allylic oxidation sites excluding steroid dienone is 1. The molecule has 186 valence electrons. The number of ether oxygens (including phenoxy) is 1. The lowest BCUT2D eigenvalue weighted by atomic mass is 9.38. The van der Waals surface area contributed by atoms with Crippen molar-refractivity contribution >= 4 is 5.97 Å². The fraction of sp³-hybridized carbons (Fsp3) is 0.833. The highest BCUT2D eigenvalue weighted by atomic mass is 16.5. The molecule has 4 fully saturated rings. The third-order valence-corrected chi connectivity index (χ3v) is 11.8. The van der Waals surface area contributed by atoms with Gasteiger partial charge in [-0.3, -0.25) is 4.79 Å². The number of carboxylic acids is 1. The molecule has 4 aliphatic rings. The summed E-state index contributed by atoms with van der Waals surface area (Å²) in [6.45, 7) is 22.8. The summed E-state index contributed by atoms with van der Waals surface area (Å²) in [6, 6.07) is 0. The van der Waals surface area contributed by atoms with Crippen molar-refractivity contribution in [3.05, 3.63) is 24.3 Å². The summed E-state index contributed by atoms with van der Waals surface area (Å²) in [5, 5.41) is 9.55. The summed E-state index contributed by atoms with van der Waals surface area (Å²) in [5.74, 6) is 1.63. The van der Waals surface area contributed by atoms with Gasteiger partial charge in [-0.15, -0.1) is 0 Å². The van der Waals surface area contributed by atoms with Crippen LogP contribution < -0.4 is 0 Å². The van der Waals surface area contributed by atoms with Crippen LogP contribution in [0.4, 0.5) is 0 Å². The van der Waals surface area contributed by atoms with Gasteiger partial charge in [-0.05, 0) is 118 Å². The quantitative estimate of drug-likeness (QED) is 0.415. The highest BCUT2D eigenvalue weighted by molar-refractivity contribution is 5.66. The summed E-state index contributed by atoms with van der Waals surface area (Å²) in [5.41, 5.74) is 2.94. The van der Waals surface area contributed by atoms with Gasteiger partial charge in [0.1, 0.15) is 0 Å². The highest BCUT2D eigenvalue weighted by Gasteiger charge is 2.67. The standard InChI is InChI=1S/C30H48O3/c1-19(2)21-11-17-29(7)25(27(21,5)15-14-26(31)32)10-9-22-23(12-16-28(22,29)6)30(8)18-13-24(33-30)20(3)4/h21-25H,1,3,9-18H2,2,4-8H3,(H,31,32)/t21?,22?,23?,24?,25?,27-,28+,29+,30-/m0/s1. The number of carbonyl (C=O) groups is 1. The van der Waals surface area contributed by atoms with Gasteiger partial charge in [0.15, 0.2) is 0 Å². The zero-order chi connectivity index (χ0) is 24.4. The van der Waals surface area contributed by atoms with Crippen molar-refractivity contribution in [1.82, 2.24) is 0 Å². The van der Waals surface area contributed by atoms with Gasteiger partial charge in [0.05, 0.1) is 11.7 Å². The van der Waals surface area contributed by atoms with E-state index in [-0.39, 0.29) is 29.0 Å². The van der Waals surface area contributed by atoms with Gasteiger partial charge in [0.25, 0.3) is 0 Å². The van der Waals surface area contributed by atoms with Crippen LogP contribution in [0.5, 0.6) is 0 Å². The Balaban J connectivity index is 1.65. The maximum absolute atomic E-state index is 11.6. The Kier molecular flexibility index (Phi) is 6.25. The van der Waals surface area contributed by atoms with E-state index in [4.69, 9.17) is 4.74 Å². The molecule has 4 rings (SSSR count). The maximum Gasteiger partial charge on any atom is 0.303 e. The van der Waals surface area contributed by atoms with Crippen LogP contribution in [0.1, 0.15) is 106 Å². The van der Waals surface area contributed by atoms with Crippen LogP contribution in [0.25, 0.3) is 0 Å². The smallest absolute Gasteiger partial charge is 0.303 e. The number of aliphatic carboxylic acids is 1. The fourth-order valence-corrected chi connectivity index (χ4v) is 9.86. The monoisotopic (exact) mass is 456 g/mol. The Labute approximate surface area is 202 Å². The second-order valence-electron chi connectivity index (χ2n) is 13.4. The van der Waals surface area contributed by atoms with Gasteiger partial charge in [-0.2, -0.15) is 0 Å². The number of fused-ring (bicyclic) bond motifs is 3. The van der Waals surface area contributed by atoms with E-state index in [1.165, 1.54) is 43.3 Å². The minimum absolute atomic E-state index is 0.0160. The van der Waals surface area contributed by atoms with Crippen LogP contribution in [-0.2, 0) is 9.53 Å². The first-order valence-electron chi connectivity index (χ1n) is 13.5.